The Morgan fingerprint density at radius 1 is 0.944 bits per heavy atom. The van der Waals surface area contributed by atoms with Crippen LogP contribution < -0.4 is 27.9 Å². The molecule has 0 amide bonds. The van der Waals surface area contributed by atoms with Gasteiger partial charge in [-0.1, -0.05) is 0 Å². The molecule has 2 rings (SSSR count). The lowest BCUT2D eigenvalue weighted by Crippen LogP contribution is -2.14. The molecule has 1 heterocycles. The number of aromatic nitrogens is 2. The van der Waals surface area contributed by atoms with Crippen molar-refractivity contribution in [1.82, 2.24) is 9.97 Å². The summed E-state index contributed by atoms with van der Waals surface area (Å²) < 4.78 is 12.8. The van der Waals surface area contributed by atoms with E-state index in [-0.39, 0.29) is 11.8 Å². The van der Waals surface area contributed by atoms with Gasteiger partial charge in [-0.25, -0.2) is 16.1 Å². The molecule has 0 radical (unpaired) electrons. The number of halogens is 1. The highest BCUT2D eigenvalue weighted by Gasteiger charge is 2.03. The number of benzene rings is 1. The summed E-state index contributed by atoms with van der Waals surface area (Å²) in [4.78, 5) is 8.14. The molecule has 0 unspecified atom stereocenters. The summed E-state index contributed by atoms with van der Waals surface area (Å²) in [5.74, 6) is 11.3. The lowest BCUT2D eigenvalue weighted by atomic mass is 10.3. The summed E-state index contributed by atoms with van der Waals surface area (Å²) in [6.07, 6.45) is 0. The van der Waals surface area contributed by atoms with Crippen molar-refractivity contribution in [3.63, 3.8) is 0 Å². The summed E-state index contributed by atoms with van der Waals surface area (Å²) in [7, 11) is 0. The Labute approximate surface area is 102 Å². The molecule has 0 atom stereocenters. The highest BCUT2D eigenvalue weighted by molar-refractivity contribution is 5.58. The molecule has 0 aliphatic heterocycles. The van der Waals surface area contributed by atoms with Gasteiger partial charge in [0, 0.05) is 11.8 Å². The summed E-state index contributed by atoms with van der Waals surface area (Å²) in [5, 5.41) is 2.90. The van der Waals surface area contributed by atoms with Crippen LogP contribution in [0.4, 0.5) is 27.7 Å². The van der Waals surface area contributed by atoms with Crippen LogP contribution in [0.5, 0.6) is 0 Å². The van der Waals surface area contributed by atoms with E-state index in [9.17, 15) is 4.39 Å². The maximum Gasteiger partial charge on any atom is 0.231 e. The molecule has 94 valence electrons. The van der Waals surface area contributed by atoms with Crippen molar-refractivity contribution in [3.05, 3.63) is 36.1 Å². The maximum atomic E-state index is 12.8. The number of hydrazine groups is 2. The van der Waals surface area contributed by atoms with Crippen LogP contribution in [-0.2, 0) is 0 Å². The minimum absolute atomic E-state index is 0.282. The standard InChI is InChI=1S/C10H12FN7/c11-6-1-3-7(4-2-6)14-10-15-8(17-12)5-9(16-10)18-13/h1-5H,12-13H2,(H3,14,15,16,17,18). The lowest BCUT2D eigenvalue weighted by Gasteiger charge is -2.08. The van der Waals surface area contributed by atoms with Gasteiger partial charge in [-0.15, -0.1) is 0 Å². The number of rotatable bonds is 4. The van der Waals surface area contributed by atoms with Gasteiger partial charge in [0.2, 0.25) is 5.95 Å². The highest BCUT2D eigenvalue weighted by Crippen LogP contribution is 2.17. The highest BCUT2D eigenvalue weighted by atomic mass is 19.1. The van der Waals surface area contributed by atoms with E-state index in [1.807, 2.05) is 0 Å². The quantitative estimate of drug-likeness (QED) is 0.404. The van der Waals surface area contributed by atoms with Crippen LogP contribution in [0.15, 0.2) is 30.3 Å². The number of hydrogen-bond donors (Lipinski definition) is 5. The molecule has 0 saturated carbocycles. The van der Waals surface area contributed by atoms with E-state index in [4.69, 9.17) is 11.7 Å². The maximum absolute atomic E-state index is 12.8. The second kappa shape index (κ2) is 5.25. The van der Waals surface area contributed by atoms with Crippen molar-refractivity contribution in [2.45, 2.75) is 0 Å². The van der Waals surface area contributed by atoms with Crippen LogP contribution >= 0.6 is 0 Å². The molecule has 0 aliphatic carbocycles. The Kier molecular flexibility index (Phi) is 3.51. The molecule has 0 saturated heterocycles. The third kappa shape index (κ3) is 2.81. The van der Waals surface area contributed by atoms with Crippen LogP contribution in [-0.4, -0.2) is 9.97 Å². The van der Waals surface area contributed by atoms with E-state index < -0.39 is 0 Å². The first kappa shape index (κ1) is 12.0. The first-order chi connectivity index (χ1) is 8.71. The molecule has 0 bridgehead atoms. The van der Waals surface area contributed by atoms with Gasteiger partial charge in [-0.2, -0.15) is 9.97 Å². The first-order valence-electron chi connectivity index (χ1n) is 5.06. The number of nitrogens with zero attached hydrogens (tertiary/aromatic N) is 2. The van der Waals surface area contributed by atoms with E-state index in [2.05, 4.69) is 26.1 Å². The molecular weight excluding hydrogens is 237 g/mol. The van der Waals surface area contributed by atoms with Crippen molar-refractivity contribution in [1.29, 1.82) is 0 Å². The number of nitrogens with two attached hydrogens (primary N) is 2. The Bertz CT molecular complexity index is 506. The second-order valence-corrected chi connectivity index (χ2v) is 3.38. The average Bonchev–Trinajstić information content (AvgIpc) is 2.41. The summed E-state index contributed by atoms with van der Waals surface area (Å²) >= 11 is 0. The van der Waals surface area contributed by atoms with E-state index in [0.717, 1.165) is 0 Å². The zero-order valence-corrected chi connectivity index (χ0v) is 9.31. The Balaban J connectivity index is 2.25. The molecule has 0 aliphatic rings. The van der Waals surface area contributed by atoms with Crippen LogP contribution in [0.1, 0.15) is 0 Å². The Morgan fingerprint density at radius 2 is 1.50 bits per heavy atom. The fraction of sp³-hybridized carbons (Fsp3) is 0. The van der Waals surface area contributed by atoms with Crippen LogP contribution in [0, 0.1) is 5.82 Å². The Morgan fingerprint density at radius 3 is 2.00 bits per heavy atom. The lowest BCUT2D eigenvalue weighted by molar-refractivity contribution is 0.628. The minimum atomic E-state index is -0.317. The molecule has 1 aromatic heterocycles. The van der Waals surface area contributed by atoms with Crippen LogP contribution in [0.25, 0.3) is 0 Å². The fourth-order valence-electron chi connectivity index (χ4n) is 1.31. The van der Waals surface area contributed by atoms with Gasteiger partial charge in [0.1, 0.15) is 17.5 Å². The smallest absolute Gasteiger partial charge is 0.231 e. The minimum Gasteiger partial charge on any atom is -0.324 e. The summed E-state index contributed by atoms with van der Waals surface area (Å²) in [6.45, 7) is 0. The first-order valence-corrected chi connectivity index (χ1v) is 5.06. The van der Waals surface area contributed by atoms with Crippen molar-refractivity contribution in [3.8, 4) is 0 Å². The van der Waals surface area contributed by atoms with Gasteiger partial charge in [-0.05, 0) is 24.3 Å². The molecule has 1 aromatic carbocycles. The molecule has 0 spiro atoms. The van der Waals surface area contributed by atoms with Crippen molar-refractivity contribution < 1.29 is 4.39 Å². The average molecular weight is 249 g/mol. The van der Waals surface area contributed by atoms with Gasteiger partial charge >= 0.3 is 0 Å². The fourth-order valence-corrected chi connectivity index (χ4v) is 1.31. The number of nitrogens with one attached hydrogen (secondary N) is 3. The molecular formula is C10H12FN7. The van der Waals surface area contributed by atoms with Gasteiger partial charge < -0.3 is 16.2 Å². The van der Waals surface area contributed by atoms with Crippen LogP contribution in [0.3, 0.4) is 0 Å². The number of anilines is 4. The molecule has 0 fully saturated rings. The third-order valence-electron chi connectivity index (χ3n) is 2.12. The van der Waals surface area contributed by atoms with Gasteiger partial charge in [0.05, 0.1) is 0 Å². The third-order valence-corrected chi connectivity index (χ3v) is 2.12. The number of hydrogen-bond acceptors (Lipinski definition) is 7. The SMILES string of the molecule is NNc1cc(NN)nc(Nc2ccc(F)cc2)n1. The molecule has 8 heteroatoms. The van der Waals surface area contributed by atoms with E-state index >= 15 is 0 Å². The zero-order chi connectivity index (χ0) is 13.0. The monoisotopic (exact) mass is 249 g/mol. The van der Waals surface area contributed by atoms with E-state index in [1.54, 1.807) is 12.1 Å². The topological polar surface area (TPSA) is 114 Å². The van der Waals surface area contributed by atoms with Crippen molar-refractivity contribution >= 4 is 23.3 Å². The summed E-state index contributed by atoms with van der Waals surface area (Å²) in [5.41, 5.74) is 5.43. The predicted octanol–water partition coefficient (Wildman–Crippen LogP) is 0.930. The molecule has 7 N–H and O–H groups in total. The molecule has 2 aromatic rings. The van der Waals surface area contributed by atoms with Crippen molar-refractivity contribution in [2.24, 2.45) is 11.7 Å². The van der Waals surface area contributed by atoms with E-state index in [0.29, 0.717) is 17.3 Å². The zero-order valence-electron chi connectivity index (χ0n) is 9.31. The predicted molar refractivity (Wildman–Crippen MR) is 67.3 cm³/mol. The second-order valence-electron chi connectivity index (χ2n) is 3.38. The van der Waals surface area contributed by atoms with Crippen LogP contribution in [0.2, 0.25) is 0 Å². The number of nitrogen functional groups attached to an aromatic ring is 2. The van der Waals surface area contributed by atoms with Gasteiger partial charge in [0.25, 0.3) is 0 Å². The Hall–Kier alpha value is -2.45. The van der Waals surface area contributed by atoms with Crippen molar-refractivity contribution in [2.75, 3.05) is 16.2 Å². The normalized spacial score (nSPS) is 9.94. The van der Waals surface area contributed by atoms with Gasteiger partial charge in [0.15, 0.2) is 0 Å². The molecule has 18 heavy (non-hydrogen) atoms. The summed E-state index contributed by atoms with van der Waals surface area (Å²) in [6, 6.07) is 7.33. The van der Waals surface area contributed by atoms with E-state index in [1.165, 1.54) is 18.2 Å². The largest absolute Gasteiger partial charge is 0.324 e. The molecule has 7 nitrogen and oxygen atoms in total. The van der Waals surface area contributed by atoms with Gasteiger partial charge in [-0.3, -0.25) is 0 Å².